The second-order valence-corrected chi connectivity index (χ2v) is 5.44. The van der Waals surface area contributed by atoms with Crippen LogP contribution in [-0.4, -0.2) is 13.2 Å². The molecule has 0 amide bonds. The fourth-order valence-corrected chi connectivity index (χ4v) is 2.08. The molecular weight excluding hydrogens is 278 g/mol. The number of nitrogens with one attached hydrogen (secondary N) is 1. The highest BCUT2D eigenvalue weighted by atomic mass is 79.9. The lowest BCUT2D eigenvalue weighted by molar-refractivity contribution is 0.133. The molecule has 0 radical (unpaired) electrons. The van der Waals surface area contributed by atoms with Crippen LogP contribution in [0.4, 0.5) is 0 Å². The van der Waals surface area contributed by atoms with Gasteiger partial charge >= 0.3 is 0 Å². The first-order valence-electron chi connectivity index (χ1n) is 6.19. The van der Waals surface area contributed by atoms with Crippen LogP contribution in [0.3, 0.4) is 0 Å². The molecule has 1 aromatic carbocycles. The number of hydrogen-bond acceptors (Lipinski definition) is 2. The van der Waals surface area contributed by atoms with Crippen LogP contribution in [0.25, 0.3) is 0 Å². The highest BCUT2D eigenvalue weighted by Gasteiger charge is 2.02. The SMILES string of the molecule is CCOCc1ccc(CNCC(C)C)cc1Br. The van der Waals surface area contributed by atoms with Crippen molar-refractivity contribution in [3.8, 4) is 0 Å². The Balaban J connectivity index is 2.50. The van der Waals surface area contributed by atoms with Gasteiger partial charge in [-0.25, -0.2) is 0 Å². The molecule has 0 aliphatic rings. The maximum absolute atomic E-state index is 5.41. The van der Waals surface area contributed by atoms with Gasteiger partial charge in [-0.2, -0.15) is 0 Å². The summed E-state index contributed by atoms with van der Waals surface area (Å²) >= 11 is 3.59. The quantitative estimate of drug-likeness (QED) is 0.828. The average Bonchev–Trinajstić information content (AvgIpc) is 2.27. The largest absolute Gasteiger partial charge is 0.377 e. The molecule has 3 heteroatoms. The van der Waals surface area contributed by atoms with Crippen molar-refractivity contribution >= 4 is 15.9 Å². The van der Waals surface area contributed by atoms with E-state index in [1.54, 1.807) is 0 Å². The zero-order chi connectivity index (χ0) is 12.7. The predicted molar refractivity (Wildman–Crippen MR) is 76.0 cm³/mol. The van der Waals surface area contributed by atoms with Gasteiger partial charge in [0.25, 0.3) is 0 Å². The molecule has 0 fully saturated rings. The van der Waals surface area contributed by atoms with Crippen LogP contribution in [0.5, 0.6) is 0 Å². The molecule has 1 rings (SSSR count). The standard InChI is InChI=1S/C14H22BrNO/c1-4-17-10-13-6-5-12(7-14(13)15)9-16-8-11(2)3/h5-7,11,16H,4,8-10H2,1-3H3. The van der Waals surface area contributed by atoms with E-state index in [1.807, 2.05) is 6.92 Å². The molecule has 0 saturated heterocycles. The van der Waals surface area contributed by atoms with Gasteiger partial charge in [-0.05, 0) is 36.6 Å². The summed E-state index contributed by atoms with van der Waals surface area (Å²) in [6, 6.07) is 6.46. The molecule has 2 nitrogen and oxygen atoms in total. The number of halogens is 1. The summed E-state index contributed by atoms with van der Waals surface area (Å²) in [6.07, 6.45) is 0. The van der Waals surface area contributed by atoms with E-state index in [0.29, 0.717) is 12.5 Å². The third-order valence-corrected chi connectivity index (χ3v) is 3.20. The van der Waals surface area contributed by atoms with Gasteiger partial charge < -0.3 is 10.1 Å². The fraction of sp³-hybridized carbons (Fsp3) is 0.571. The highest BCUT2D eigenvalue weighted by Crippen LogP contribution is 2.19. The van der Waals surface area contributed by atoms with Gasteiger partial charge in [-0.3, -0.25) is 0 Å². The van der Waals surface area contributed by atoms with Crippen molar-refractivity contribution in [2.24, 2.45) is 5.92 Å². The van der Waals surface area contributed by atoms with Crippen LogP contribution < -0.4 is 5.32 Å². The molecule has 0 bridgehead atoms. The Kier molecular flexibility index (Phi) is 6.78. The first-order valence-corrected chi connectivity index (χ1v) is 6.98. The summed E-state index contributed by atoms with van der Waals surface area (Å²) in [6.45, 7) is 9.85. The highest BCUT2D eigenvalue weighted by molar-refractivity contribution is 9.10. The second-order valence-electron chi connectivity index (χ2n) is 4.59. The summed E-state index contributed by atoms with van der Waals surface area (Å²) in [5, 5.41) is 3.44. The molecule has 96 valence electrons. The zero-order valence-corrected chi connectivity index (χ0v) is 12.5. The van der Waals surface area contributed by atoms with E-state index in [-0.39, 0.29) is 0 Å². The van der Waals surface area contributed by atoms with Gasteiger partial charge in [0, 0.05) is 17.6 Å². The van der Waals surface area contributed by atoms with Crippen LogP contribution in [-0.2, 0) is 17.9 Å². The molecule has 0 aromatic heterocycles. The van der Waals surface area contributed by atoms with E-state index in [9.17, 15) is 0 Å². The molecule has 0 saturated carbocycles. The van der Waals surface area contributed by atoms with Crippen molar-refractivity contribution in [3.05, 3.63) is 33.8 Å². The van der Waals surface area contributed by atoms with Gasteiger partial charge in [-0.15, -0.1) is 0 Å². The summed E-state index contributed by atoms with van der Waals surface area (Å²) in [7, 11) is 0. The Hall–Kier alpha value is -0.380. The Morgan fingerprint density at radius 1 is 1.35 bits per heavy atom. The number of hydrogen-bond donors (Lipinski definition) is 1. The Bertz CT molecular complexity index is 339. The minimum atomic E-state index is 0.677. The second kappa shape index (κ2) is 7.85. The van der Waals surface area contributed by atoms with Gasteiger partial charge in [0.15, 0.2) is 0 Å². The van der Waals surface area contributed by atoms with Gasteiger partial charge in [0.2, 0.25) is 0 Å². The number of rotatable bonds is 7. The molecular formula is C14H22BrNO. The van der Waals surface area contributed by atoms with Crippen molar-refractivity contribution in [1.29, 1.82) is 0 Å². The van der Waals surface area contributed by atoms with E-state index in [1.165, 1.54) is 11.1 Å². The van der Waals surface area contributed by atoms with Crippen LogP contribution in [0.1, 0.15) is 31.9 Å². The van der Waals surface area contributed by atoms with E-state index >= 15 is 0 Å². The Morgan fingerprint density at radius 3 is 2.71 bits per heavy atom. The van der Waals surface area contributed by atoms with E-state index in [0.717, 1.165) is 24.2 Å². The van der Waals surface area contributed by atoms with Gasteiger partial charge in [-0.1, -0.05) is 41.9 Å². The van der Waals surface area contributed by atoms with Crippen molar-refractivity contribution in [2.45, 2.75) is 33.9 Å². The third kappa shape index (κ3) is 5.66. The van der Waals surface area contributed by atoms with Crippen molar-refractivity contribution < 1.29 is 4.74 Å². The van der Waals surface area contributed by atoms with E-state index in [2.05, 4.69) is 53.3 Å². The molecule has 0 unspecified atom stereocenters. The number of ether oxygens (including phenoxy) is 1. The topological polar surface area (TPSA) is 21.3 Å². The van der Waals surface area contributed by atoms with Crippen molar-refractivity contribution in [2.75, 3.05) is 13.2 Å². The minimum Gasteiger partial charge on any atom is -0.377 e. The summed E-state index contributed by atoms with van der Waals surface area (Å²) < 4.78 is 6.54. The summed E-state index contributed by atoms with van der Waals surface area (Å²) in [5.41, 5.74) is 2.51. The summed E-state index contributed by atoms with van der Waals surface area (Å²) in [5.74, 6) is 0.690. The smallest absolute Gasteiger partial charge is 0.0727 e. The van der Waals surface area contributed by atoms with Crippen LogP contribution in [0.15, 0.2) is 22.7 Å². The Labute approximate surface area is 113 Å². The lowest BCUT2D eigenvalue weighted by atomic mass is 10.1. The maximum atomic E-state index is 5.41. The average molecular weight is 300 g/mol. The van der Waals surface area contributed by atoms with Crippen LogP contribution in [0, 0.1) is 5.92 Å². The van der Waals surface area contributed by atoms with E-state index in [4.69, 9.17) is 4.74 Å². The first-order chi connectivity index (χ1) is 8.13. The molecule has 0 atom stereocenters. The monoisotopic (exact) mass is 299 g/mol. The normalized spacial score (nSPS) is 11.1. The maximum Gasteiger partial charge on any atom is 0.0727 e. The molecule has 0 aliphatic carbocycles. The fourth-order valence-electron chi connectivity index (χ4n) is 1.54. The third-order valence-electron chi connectivity index (χ3n) is 2.46. The Morgan fingerprint density at radius 2 is 2.12 bits per heavy atom. The van der Waals surface area contributed by atoms with Crippen LogP contribution in [0.2, 0.25) is 0 Å². The lowest BCUT2D eigenvalue weighted by Gasteiger charge is -2.10. The van der Waals surface area contributed by atoms with Gasteiger partial charge in [0.1, 0.15) is 0 Å². The number of benzene rings is 1. The minimum absolute atomic E-state index is 0.677. The summed E-state index contributed by atoms with van der Waals surface area (Å²) in [4.78, 5) is 0. The predicted octanol–water partition coefficient (Wildman–Crippen LogP) is 3.73. The van der Waals surface area contributed by atoms with Crippen molar-refractivity contribution in [3.63, 3.8) is 0 Å². The van der Waals surface area contributed by atoms with E-state index < -0.39 is 0 Å². The molecule has 0 spiro atoms. The van der Waals surface area contributed by atoms with Gasteiger partial charge in [0.05, 0.1) is 6.61 Å². The molecule has 0 heterocycles. The molecule has 1 N–H and O–H groups in total. The molecule has 1 aromatic rings. The van der Waals surface area contributed by atoms with Crippen LogP contribution >= 0.6 is 15.9 Å². The molecule has 17 heavy (non-hydrogen) atoms. The zero-order valence-electron chi connectivity index (χ0n) is 10.9. The first kappa shape index (κ1) is 14.7. The van der Waals surface area contributed by atoms with Crippen molar-refractivity contribution in [1.82, 2.24) is 5.32 Å². The lowest BCUT2D eigenvalue weighted by Crippen LogP contribution is -2.18. The molecule has 0 aliphatic heterocycles.